The minimum atomic E-state index is -3.88. The Labute approximate surface area is 126 Å². The fraction of sp³-hybridized carbons (Fsp3) is 0.0769. The molecule has 0 N–H and O–H groups in total. The number of rotatable bonds is 2. The Balaban J connectivity index is 2.51. The van der Waals surface area contributed by atoms with Crippen LogP contribution >= 0.6 is 23.2 Å². The Morgan fingerprint density at radius 2 is 1.60 bits per heavy atom. The van der Waals surface area contributed by atoms with Gasteiger partial charge >= 0.3 is 0 Å². The van der Waals surface area contributed by atoms with E-state index in [0.29, 0.717) is 5.56 Å². The number of hydrogen-bond acceptors (Lipinski definition) is 3. The van der Waals surface area contributed by atoms with Crippen LogP contribution in [0.3, 0.4) is 0 Å². The van der Waals surface area contributed by atoms with Crippen LogP contribution in [0.15, 0.2) is 55.8 Å². The summed E-state index contributed by atoms with van der Waals surface area (Å²) in [7, 11) is -3.88. The van der Waals surface area contributed by atoms with E-state index in [-0.39, 0.29) is 20.7 Å². The zero-order valence-electron chi connectivity index (χ0n) is 10.3. The third-order valence-corrected chi connectivity index (χ3v) is 4.61. The maximum Gasteiger partial charge on any atom is 0.283 e. The predicted octanol–water partition coefficient (Wildman–Crippen LogP) is 2.95. The standard InChI is InChI=1S/C13H9Cl2NO3S/c1-8-4-2-3-5-12(8)20(18,19)16-9-6-10(14)13(17)11(15)7-9/h2-7H,1H3. The number of carbonyl (C=O) groups excluding carboxylic acids is 1. The van der Waals surface area contributed by atoms with Crippen LogP contribution in [-0.2, 0) is 14.8 Å². The summed E-state index contributed by atoms with van der Waals surface area (Å²) >= 11 is 11.3. The van der Waals surface area contributed by atoms with Crippen LogP contribution in [0.1, 0.15) is 5.56 Å². The van der Waals surface area contributed by atoms with E-state index in [2.05, 4.69) is 4.40 Å². The van der Waals surface area contributed by atoms with Gasteiger partial charge in [0.15, 0.2) is 0 Å². The van der Waals surface area contributed by atoms with Crippen molar-refractivity contribution in [3.05, 3.63) is 52.0 Å². The molecule has 4 nitrogen and oxygen atoms in total. The van der Waals surface area contributed by atoms with E-state index in [1.165, 1.54) is 18.2 Å². The van der Waals surface area contributed by atoms with Gasteiger partial charge in [0.2, 0.25) is 5.78 Å². The van der Waals surface area contributed by atoms with E-state index in [1.54, 1.807) is 25.1 Å². The number of sulfonamides is 1. The maximum atomic E-state index is 12.2. The first-order valence-electron chi connectivity index (χ1n) is 5.51. The van der Waals surface area contributed by atoms with E-state index >= 15 is 0 Å². The molecule has 0 heterocycles. The molecule has 1 aliphatic rings. The summed E-state index contributed by atoms with van der Waals surface area (Å²) in [6, 6.07) is 6.47. The largest absolute Gasteiger partial charge is 0.287 e. The van der Waals surface area contributed by atoms with Crippen LogP contribution in [0, 0.1) is 6.92 Å². The molecule has 0 spiro atoms. The normalized spacial score (nSPS) is 15.8. The monoisotopic (exact) mass is 329 g/mol. The molecule has 1 aromatic carbocycles. The second-order valence-corrected chi connectivity index (χ2v) is 6.46. The molecule has 0 amide bonds. The molecule has 20 heavy (non-hydrogen) atoms. The average Bonchev–Trinajstić information content (AvgIpc) is 2.35. The lowest BCUT2D eigenvalue weighted by atomic mass is 10.1. The number of carbonyl (C=O) groups is 1. The highest BCUT2D eigenvalue weighted by Crippen LogP contribution is 2.22. The predicted molar refractivity (Wildman–Crippen MR) is 78.7 cm³/mol. The van der Waals surface area contributed by atoms with Crippen LogP contribution in [0.25, 0.3) is 0 Å². The van der Waals surface area contributed by atoms with Gasteiger partial charge < -0.3 is 0 Å². The molecular weight excluding hydrogens is 321 g/mol. The molecule has 0 aromatic heterocycles. The highest BCUT2D eigenvalue weighted by molar-refractivity contribution is 7.90. The number of ketones is 1. The minimum Gasteiger partial charge on any atom is -0.287 e. The molecule has 104 valence electrons. The first-order valence-corrected chi connectivity index (χ1v) is 7.70. The molecule has 0 bridgehead atoms. The van der Waals surface area contributed by atoms with Crippen molar-refractivity contribution in [3.63, 3.8) is 0 Å². The molecule has 0 saturated heterocycles. The fourth-order valence-electron chi connectivity index (χ4n) is 1.63. The SMILES string of the molecule is Cc1ccccc1S(=O)(=O)N=C1C=C(Cl)C(=O)C(Cl)=C1. The van der Waals surface area contributed by atoms with Gasteiger partial charge in [-0.05, 0) is 30.7 Å². The summed E-state index contributed by atoms with van der Waals surface area (Å²) in [6.45, 7) is 1.67. The summed E-state index contributed by atoms with van der Waals surface area (Å²) in [5, 5.41) is -0.340. The van der Waals surface area contributed by atoms with Gasteiger partial charge in [-0.3, -0.25) is 4.79 Å². The van der Waals surface area contributed by atoms with Crippen molar-refractivity contribution in [2.24, 2.45) is 4.40 Å². The second kappa shape index (κ2) is 5.52. The summed E-state index contributed by atoms with van der Waals surface area (Å²) < 4.78 is 28.0. The molecule has 1 aliphatic carbocycles. The number of allylic oxidation sites excluding steroid dienone is 4. The van der Waals surface area contributed by atoms with Gasteiger partial charge in [0.25, 0.3) is 10.0 Å². The Morgan fingerprint density at radius 3 is 2.15 bits per heavy atom. The van der Waals surface area contributed by atoms with Gasteiger partial charge in [-0.2, -0.15) is 12.8 Å². The van der Waals surface area contributed by atoms with Crippen LogP contribution < -0.4 is 0 Å². The van der Waals surface area contributed by atoms with Gasteiger partial charge in [0.05, 0.1) is 20.7 Å². The topological polar surface area (TPSA) is 63.6 Å². The van der Waals surface area contributed by atoms with Crippen LogP contribution in [0.5, 0.6) is 0 Å². The second-order valence-electron chi connectivity index (χ2n) is 4.07. The van der Waals surface area contributed by atoms with Gasteiger partial charge in [0.1, 0.15) is 0 Å². The third kappa shape index (κ3) is 3.00. The van der Waals surface area contributed by atoms with E-state index in [9.17, 15) is 13.2 Å². The van der Waals surface area contributed by atoms with Crippen molar-refractivity contribution < 1.29 is 13.2 Å². The molecule has 0 fully saturated rings. The number of aryl methyl sites for hydroxylation is 1. The average molecular weight is 330 g/mol. The number of nitrogens with zero attached hydrogens (tertiary/aromatic N) is 1. The number of halogens is 2. The lowest BCUT2D eigenvalue weighted by molar-refractivity contribution is -0.111. The highest BCUT2D eigenvalue weighted by Gasteiger charge is 2.21. The molecule has 0 aliphatic heterocycles. The summed E-state index contributed by atoms with van der Waals surface area (Å²) in [4.78, 5) is 11.5. The van der Waals surface area contributed by atoms with Gasteiger partial charge in [-0.15, -0.1) is 0 Å². The molecule has 0 saturated carbocycles. The highest BCUT2D eigenvalue weighted by atomic mass is 35.5. The minimum absolute atomic E-state index is 0.0165. The molecule has 0 radical (unpaired) electrons. The van der Waals surface area contributed by atoms with E-state index in [4.69, 9.17) is 23.2 Å². The van der Waals surface area contributed by atoms with Crippen molar-refractivity contribution in [3.8, 4) is 0 Å². The van der Waals surface area contributed by atoms with Crippen LogP contribution in [-0.4, -0.2) is 19.9 Å². The lowest BCUT2D eigenvalue weighted by Crippen LogP contribution is -2.10. The van der Waals surface area contributed by atoms with Crippen molar-refractivity contribution in [1.29, 1.82) is 0 Å². The number of benzene rings is 1. The lowest BCUT2D eigenvalue weighted by Gasteiger charge is -2.07. The third-order valence-electron chi connectivity index (χ3n) is 2.58. The summed E-state index contributed by atoms with van der Waals surface area (Å²) in [6.07, 6.45) is 2.34. The van der Waals surface area contributed by atoms with E-state index in [0.717, 1.165) is 0 Å². The van der Waals surface area contributed by atoms with Gasteiger partial charge in [-0.1, -0.05) is 41.4 Å². The zero-order valence-corrected chi connectivity index (χ0v) is 12.6. The quantitative estimate of drug-likeness (QED) is 0.783. The summed E-state index contributed by atoms with van der Waals surface area (Å²) in [5.41, 5.74) is 0.594. The molecular formula is C13H9Cl2NO3S. The number of Topliss-reactive ketones (excluding diaryl/α,β-unsaturated/α-hetero) is 1. The Hall–Kier alpha value is -1.43. The molecule has 0 atom stereocenters. The van der Waals surface area contributed by atoms with Gasteiger partial charge in [-0.25, -0.2) is 0 Å². The van der Waals surface area contributed by atoms with Gasteiger partial charge in [0, 0.05) is 0 Å². The van der Waals surface area contributed by atoms with Crippen molar-refractivity contribution in [2.45, 2.75) is 11.8 Å². The maximum absolute atomic E-state index is 12.2. The molecule has 2 rings (SSSR count). The Bertz CT molecular complexity index is 753. The number of hydrogen-bond donors (Lipinski definition) is 0. The molecule has 1 aromatic rings. The van der Waals surface area contributed by atoms with Crippen LogP contribution in [0.2, 0.25) is 0 Å². The van der Waals surface area contributed by atoms with E-state index < -0.39 is 15.8 Å². The summed E-state index contributed by atoms with van der Waals surface area (Å²) in [5.74, 6) is -0.555. The Kier molecular flexibility index (Phi) is 4.13. The van der Waals surface area contributed by atoms with Crippen LogP contribution in [0.4, 0.5) is 0 Å². The van der Waals surface area contributed by atoms with Crippen molar-refractivity contribution in [2.75, 3.05) is 0 Å². The smallest absolute Gasteiger partial charge is 0.283 e. The first kappa shape index (κ1) is 15.0. The Morgan fingerprint density at radius 1 is 1.05 bits per heavy atom. The zero-order chi connectivity index (χ0) is 14.9. The fourth-order valence-corrected chi connectivity index (χ4v) is 3.32. The van der Waals surface area contributed by atoms with Crippen molar-refractivity contribution >= 4 is 44.7 Å². The molecule has 0 unspecified atom stereocenters. The molecule has 7 heteroatoms. The first-order chi connectivity index (χ1) is 9.31. The van der Waals surface area contributed by atoms with Crippen molar-refractivity contribution in [1.82, 2.24) is 0 Å². The van der Waals surface area contributed by atoms with E-state index in [1.807, 2.05) is 0 Å².